The first-order valence-corrected chi connectivity index (χ1v) is 6.16. The maximum absolute atomic E-state index is 12.0. The van der Waals surface area contributed by atoms with Crippen LogP contribution < -0.4 is 20.7 Å². The first-order valence-electron chi connectivity index (χ1n) is 6.16. The molecule has 3 N–H and O–H groups in total. The van der Waals surface area contributed by atoms with Gasteiger partial charge in [0.05, 0.1) is 11.3 Å². The third-order valence-corrected chi connectivity index (χ3v) is 2.68. The minimum atomic E-state index is -0.335. The van der Waals surface area contributed by atoms with Gasteiger partial charge in [0, 0.05) is 20.0 Å². The summed E-state index contributed by atoms with van der Waals surface area (Å²) >= 11 is 0. The normalized spacial score (nSPS) is 12.8. The van der Waals surface area contributed by atoms with Crippen LogP contribution >= 0.6 is 0 Å². The fraction of sp³-hybridized carbons (Fsp3) is 0.308. The van der Waals surface area contributed by atoms with Crippen molar-refractivity contribution < 1.29 is 19.1 Å². The molecule has 7 heteroatoms. The second-order valence-corrected chi connectivity index (χ2v) is 4.25. The highest BCUT2D eigenvalue weighted by molar-refractivity contribution is 6.06. The van der Waals surface area contributed by atoms with Crippen molar-refractivity contribution in [2.75, 3.05) is 25.0 Å². The van der Waals surface area contributed by atoms with E-state index in [9.17, 15) is 14.4 Å². The molecule has 1 heterocycles. The van der Waals surface area contributed by atoms with Gasteiger partial charge in [-0.05, 0) is 12.1 Å². The number of carbonyl (C=O) groups is 3. The van der Waals surface area contributed by atoms with E-state index >= 15 is 0 Å². The van der Waals surface area contributed by atoms with E-state index in [2.05, 4.69) is 16.0 Å². The Morgan fingerprint density at radius 1 is 1.30 bits per heavy atom. The number of anilines is 1. The van der Waals surface area contributed by atoms with Crippen LogP contribution in [0, 0.1) is 0 Å². The Morgan fingerprint density at radius 3 is 2.80 bits per heavy atom. The van der Waals surface area contributed by atoms with E-state index in [4.69, 9.17) is 4.74 Å². The molecular weight excluding hydrogens is 262 g/mol. The van der Waals surface area contributed by atoms with Gasteiger partial charge in [0.15, 0.2) is 6.61 Å². The van der Waals surface area contributed by atoms with Crippen molar-refractivity contribution in [3.8, 4) is 5.75 Å². The van der Waals surface area contributed by atoms with Crippen LogP contribution in [0.5, 0.6) is 5.75 Å². The molecule has 106 valence electrons. The molecule has 0 unspecified atom stereocenters. The Morgan fingerprint density at radius 2 is 2.05 bits per heavy atom. The molecule has 3 amide bonds. The van der Waals surface area contributed by atoms with Gasteiger partial charge in [-0.15, -0.1) is 0 Å². The van der Waals surface area contributed by atoms with Gasteiger partial charge in [0.2, 0.25) is 5.91 Å². The predicted octanol–water partition coefficient (Wildman–Crippen LogP) is -0.117. The Kier molecular flexibility index (Phi) is 4.19. The number of rotatable bonds is 4. The summed E-state index contributed by atoms with van der Waals surface area (Å²) < 4.78 is 5.23. The summed E-state index contributed by atoms with van der Waals surface area (Å²) in [7, 11) is 0. The van der Waals surface area contributed by atoms with Crippen LogP contribution in [0.15, 0.2) is 18.2 Å². The third-order valence-electron chi connectivity index (χ3n) is 2.68. The standard InChI is InChI=1S/C13H15N3O4/c1-8(17)14-5-6-15-13(19)9-3-2-4-10-12(9)16-11(18)7-20-10/h2-4H,5-7H2,1H3,(H,14,17)(H,15,19)(H,16,18). The number of fused-ring (bicyclic) bond motifs is 1. The number of nitrogens with one attached hydrogen (secondary N) is 3. The molecule has 0 saturated carbocycles. The van der Waals surface area contributed by atoms with Gasteiger partial charge in [0.25, 0.3) is 11.8 Å². The van der Waals surface area contributed by atoms with E-state index in [1.165, 1.54) is 6.92 Å². The van der Waals surface area contributed by atoms with E-state index in [0.29, 0.717) is 30.1 Å². The van der Waals surface area contributed by atoms with E-state index in [1.54, 1.807) is 18.2 Å². The molecule has 0 bridgehead atoms. The molecule has 0 spiro atoms. The average molecular weight is 277 g/mol. The molecule has 0 aliphatic carbocycles. The van der Waals surface area contributed by atoms with Crippen LogP contribution in [0.1, 0.15) is 17.3 Å². The molecule has 0 saturated heterocycles. The first-order chi connectivity index (χ1) is 9.58. The fourth-order valence-electron chi connectivity index (χ4n) is 1.80. The number of benzene rings is 1. The fourth-order valence-corrected chi connectivity index (χ4v) is 1.80. The number of hydrogen-bond acceptors (Lipinski definition) is 4. The van der Waals surface area contributed by atoms with Crippen LogP contribution in [0.25, 0.3) is 0 Å². The van der Waals surface area contributed by atoms with Crippen LogP contribution in [0.2, 0.25) is 0 Å². The molecular formula is C13H15N3O4. The molecule has 20 heavy (non-hydrogen) atoms. The van der Waals surface area contributed by atoms with Gasteiger partial charge >= 0.3 is 0 Å². The number of para-hydroxylation sites is 1. The van der Waals surface area contributed by atoms with E-state index in [1.807, 2.05) is 0 Å². The predicted molar refractivity (Wildman–Crippen MR) is 71.6 cm³/mol. The van der Waals surface area contributed by atoms with Gasteiger partial charge in [-0.2, -0.15) is 0 Å². The minimum Gasteiger partial charge on any atom is -0.482 e. The second-order valence-electron chi connectivity index (χ2n) is 4.25. The van der Waals surface area contributed by atoms with Crippen LogP contribution in [0.3, 0.4) is 0 Å². The van der Waals surface area contributed by atoms with E-state index in [0.717, 1.165) is 0 Å². The quantitative estimate of drug-likeness (QED) is 0.669. The lowest BCUT2D eigenvalue weighted by molar-refractivity contribution is -0.119. The molecule has 0 radical (unpaired) electrons. The smallest absolute Gasteiger partial charge is 0.262 e. The lowest BCUT2D eigenvalue weighted by atomic mass is 10.1. The molecule has 0 fully saturated rings. The van der Waals surface area contributed by atoms with Gasteiger partial charge in [-0.3, -0.25) is 14.4 Å². The minimum absolute atomic E-state index is 0.0550. The molecule has 1 aliphatic rings. The van der Waals surface area contributed by atoms with Crippen molar-refractivity contribution in [2.45, 2.75) is 6.92 Å². The largest absolute Gasteiger partial charge is 0.482 e. The summed E-state index contributed by atoms with van der Waals surface area (Å²) in [6.45, 7) is 2.00. The highest BCUT2D eigenvalue weighted by atomic mass is 16.5. The Labute approximate surface area is 115 Å². The van der Waals surface area contributed by atoms with Crippen molar-refractivity contribution in [1.82, 2.24) is 10.6 Å². The topological polar surface area (TPSA) is 96.5 Å². The molecule has 2 rings (SSSR count). The van der Waals surface area contributed by atoms with E-state index < -0.39 is 0 Å². The Balaban J connectivity index is 2.03. The summed E-state index contributed by atoms with van der Waals surface area (Å²) in [4.78, 5) is 34.1. The highest BCUT2D eigenvalue weighted by Crippen LogP contribution is 2.30. The zero-order valence-corrected chi connectivity index (χ0v) is 11.0. The van der Waals surface area contributed by atoms with Gasteiger partial charge in [-0.25, -0.2) is 0 Å². The average Bonchev–Trinajstić information content (AvgIpc) is 2.42. The zero-order chi connectivity index (χ0) is 14.5. The number of hydrogen-bond donors (Lipinski definition) is 3. The SMILES string of the molecule is CC(=O)NCCNC(=O)c1cccc2c1NC(=O)CO2. The van der Waals surface area contributed by atoms with Gasteiger partial charge < -0.3 is 20.7 Å². The maximum Gasteiger partial charge on any atom is 0.262 e. The van der Waals surface area contributed by atoms with Crippen molar-refractivity contribution >= 4 is 23.4 Å². The molecule has 1 aliphatic heterocycles. The Hall–Kier alpha value is -2.57. The Bertz CT molecular complexity index is 557. The van der Waals surface area contributed by atoms with E-state index in [-0.39, 0.29) is 24.3 Å². The van der Waals surface area contributed by atoms with Crippen molar-refractivity contribution in [3.63, 3.8) is 0 Å². The summed E-state index contributed by atoms with van der Waals surface area (Å²) in [5.74, 6) is -0.315. The first kappa shape index (κ1) is 13.9. The summed E-state index contributed by atoms with van der Waals surface area (Å²) in [6, 6.07) is 4.96. The maximum atomic E-state index is 12.0. The second kappa shape index (κ2) is 6.05. The van der Waals surface area contributed by atoms with Gasteiger partial charge in [-0.1, -0.05) is 6.07 Å². The van der Waals surface area contributed by atoms with Crippen LogP contribution in [0.4, 0.5) is 5.69 Å². The molecule has 0 atom stereocenters. The lowest BCUT2D eigenvalue weighted by Crippen LogP contribution is -2.34. The molecule has 1 aromatic rings. The van der Waals surface area contributed by atoms with Gasteiger partial charge in [0.1, 0.15) is 5.75 Å². The van der Waals surface area contributed by atoms with Crippen molar-refractivity contribution in [3.05, 3.63) is 23.8 Å². The number of amides is 3. The summed E-state index contributed by atoms with van der Waals surface area (Å²) in [5, 5.41) is 7.86. The van der Waals surface area contributed by atoms with Crippen molar-refractivity contribution in [1.29, 1.82) is 0 Å². The van der Waals surface area contributed by atoms with Crippen molar-refractivity contribution in [2.24, 2.45) is 0 Å². The highest BCUT2D eigenvalue weighted by Gasteiger charge is 2.21. The zero-order valence-electron chi connectivity index (χ0n) is 11.0. The monoisotopic (exact) mass is 277 g/mol. The third kappa shape index (κ3) is 3.25. The lowest BCUT2D eigenvalue weighted by Gasteiger charge is -2.20. The van der Waals surface area contributed by atoms with Crippen LogP contribution in [-0.4, -0.2) is 37.4 Å². The molecule has 7 nitrogen and oxygen atoms in total. The number of carbonyl (C=O) groups excluding carboxylic acids is 3. The number of ether oxygens (including phenoxy) is 1. The summed E-state index contributed by atoms with van der Waals surface area (Å²) in [5.41, 5.74) is 0.708. The van der Waals surface area contributed by atoms with Crippen LogP contribution in [-0.2, 0) is 9.59 Å². The molecule has 1 aromatic carbocycles. The molecule has 0 aromatic heterocycles. The summed E-state index contributed by atoms with van der Waals surface area (Å²) in [6.07, 6.45) is 0.